The molecule has 0 atom stereocenters. The van der Waals surface area contributed by atoms with Crippen molar-refractivity contribution in [3.05, 3.63) is 101 Å². The molecule has 30 heavy (non-hydrogen) atoms. The molecule has 0 saturated carbocycles. The standard InChI is InChI=1S/C24H26N2O3S/c1-19-8-7-9-21(16-19)17-25(2)24(27)22-14-12-20(13-15-22)18-26(3)30(28,29)23-10-5-4-6-11-23/h4-16H,17-18H2,1-3H3. The Kier molecular flexibility index (Phi) is 6.70. The van der Waals surface area contributed by atoms with Crippen molar-refractivity contribution in [1.29, 1.82) is 0 Å². The second-order valence-corrected chi connectivity index (χ2v) is 9.47. The minimum absolute atomic E-state index is 0.0756. The lowest BCUT2D eigenvalue weighted by atomic mass is 10.1. The van der Waals surface area contributed by atoms with Gasteiger partial charge in [0.15, 0.2) is 0 Å². The van der Waals surface area contributed by atoms with E-state index in [9.17, 15) is 13.2 Å². The predicted molar refractivity (Wildman–Crippen MR) is 119 cm³/mol. The predicted octanol–water partition coefficient (Wildman–Crippen LogP) is 4.09. The maximum Gasteiger partial charge on any atom is 0.253 e. The van der Waals surface area contributed by atoms with Crippen molar-refractivity contribution in [2.45, 2.75) is 24.9 Å². The molecule has 1 amide bonds. The van der Waals surface area contributed by atoms with E-state index in [1.165, 1.54) is 4.31 Å². The molecule has 0 heterocycles. The molecule has 0 aromatic heterocycles. The molecule has 3 aromatic carbocycles. The van der Waals surface area contributed by atoms with Gasteiger partial charge in [0.05, 0.1) is 4.90 Å². The van der Waals surface area contributed by atoms with Crippen LogP contribution in [0.1, 0.15) is 27.0 Å². The highest BCUT2D eigenvalue weighted by Crippen LogP contribution is 2.17. The molecule has 0 unspecified atom stereocenters. The first-order valence-corrected chi connectivity index (χ1v) is 11.1. The van der Waals surface area contributed by atoms with Gasteiger partial charge >= 0.3 is 0 Å². The molecule has 5 nitrogen and oxygen atoms in total. The number of sulfonamides is 1. The van der Waals surface area contributed by atoms with Crippen LogP contribution in [0.15, 0.2) is 83.8 Å². The average Bonchev–Trinajstić information content (AvgIpc) is 2.74. The van der Waals surface area contributed by atoms with E-state index in [1.807, 2.05) is 25.1 Å². The van der Waals surface area contributed by atoms with Gasteiger partial charge in [-0.2, -0.15) is 4.31 Å². The van der Waals surface area contributed by atoms with Gasteiger partial charge in [-0.05, 0) is 42.3 Å². The summed E-state index contributed by atoms with van der Waals surface area (Å²) in [4.78, 5) is 14.7. The number of aryl methyl sites for hydroxylation is 1. The molecule has 0 aliphatic carbocycles. The van der Waals surface area contributed by atoms with Crippen molar-refractivity contribution in [3.63, 3.8) is 0 Å². The maximum atomic E-state index is 12.7. The minimum Gasteiger partial charge on any atom is -0.337 e. The van der Waals surface area contributed by atoms with Crippen LogP contribution in [-0.4, -0.2) is 37.6 Å². The summed E-state index contributed by atoms with van der Waals surface area (Å²) in [6.07, 6.45) is 0. The van der Waals surface area contributed by atoms with E-state index in [-0.39, 0.29) is 17.3 Å². The van der Waals surface area contributed by atoms with E-state index < -0.39 is 10.0 Å². The lowest BCUT2D eigenvalue weighted by Gasteiger charge is -2.19. The lowest BCUT2D eigenvalue weighted by molar-refractivity contribution is 0.0785. The SMILES string of the molecule is Cc1cccc(CN(C)C(=O)c2ccc(CN(C)S(=O)(=O)c3ccccc3)cc2)c1. The summed E-state index contributed by atoms with van der Waals surface area (Å²) in [7, 11) is -0.228. The van der Waals surface area contributed by atoms with Gasteiger partial charge in [0.1, 0.15) is 0 Å². The number of amides is 1. The molecule has 0 bridgehead atoms. The molecular formula is C24H26N2O3S. The van der Waals surface area contributed by atoms with Gasteiger partial charge in [-0.15, -0.1) is 0 Å². The molecule has 0 N–H and O–H groups in total. The number of hydrogen-bond acceptors (Lipinski definition) is 3. The number of carbonyl (C=O) groups is 1. The first-order valence-electron chi connectivity index (χ1n) is 9.69. The molecule has 0 radical (unpaired) electrons. The van der Waals surface area contributed by atoms with Crippen LogP contribution in [0.2, 0.25) is 0 Å². The molecule has 3 rings (SSSR count). The van der Waals surface area contributed by atoms with Crippen molar-refractivity contribution in [3.8, 4) is 0 Å². The third kappa shape index (κ3) is 5.14. The molecule has 3 aromatic rings. The highest BCUT2D eigenvalue weighted by molar-refractivity contribution is 7.89. The summed E-state index contributed by atoms with van der Waals surface area (Å²) >= 11 is 0. The molecule has 0 spiro atoms. The van der Waals surface area contributed by atoms with E-state index in [1.54, 1.807) is 73.6 Å². The van der Waals surface area contributed by atoms with Crippen LogP contribution in [0.3, 0.4) is 0 Å². The lowest BCUT2D eigenvalue weighted by Crippen LogP contribution is -2.27. The third-order valence-corrected chi connectivity index (χ3v) is 6.72. The van der Waals surface area contributed by atoms with Crippen molar-refractivity contribution in [1.82, 2.24) is 9.21 Å². The van der Waals surface area contributed by atoms with Gasteiger partial charge < -0.3 is 4.90 Å². The smallest absolute Gasteiger partial charge is 0.253 e. The van der Waals surface area contributed by atoms with Crippen LogP contribution in [0, 0.1) is 6.92 Å². The topological polar surface area (TPSA) is 57.7 Å². The fourth-order valence-corrected chi connectivity index (χ4v) is 4.42. The Morgan fingerprint density at radius 1 is 0.800 bits per heavy atom. The van der Waals surface area contributed by atoms with Crippen LogP contribution >= 0.6 is 0 Å². The Morgan fingerprint density at radius 3 is 2.10 bits per heavy atom. The summed E-state index contributed by atoms with van der Waals surface area (Å²) in [6.45, 7) is 2.78. The molecule has 6 heteroatoms. The van der Waals surface area contributed by atoms with Gasteiger partial charge in [-0.3, -0.25) is 4.79 Å². The number of nitrogens with zero attached hydrogens (tertiary/aromatic N) is 2. The van der Waals surface area contributed by atoms with Crippen LogP contribution in [0.4, 0.5) is 0 Å². The summed E-state index contributed by atoms with van der Waals surface area (Å²) in [5.74, 6) is -0.0756. The number of carbonyl (C=O) groups excluding carboxylic acids is 1. The number of hydrogen-bond donors (Lipinski definition) is 0. The van der Waals surface area contributed by atoms with Crippen LogP contribution < -0.4 is 0 Å². The Balaban J connectivity index is 1.66. The molecular weight excluding hydrogens is 396 g/mol. The van der Waals surface area contributed by atoms with Crippen molar-refractivity contribution >= 4 is 15.9 Å². The monoisotopic (exact) mass is 422 g/mol. The molecule has 0 aliphatic rings. The van der Waals surface area contributed by atoms with Gasteiger partial charge in [-0.1, -0.05) is 60.2 Å². The summed E-state index contributed by atoms with van der Waals surface area (Å²) in [5.41, 5.74) is 3.62. The van der Waals surface area contributed by atoms with Crippen molar-refractivity contribution < 1.29 is 13.2 Å². The van der Waals surface area contributed by atoms with Crippen molar-refractivity contribution in [2.75, 3.05) is 14.1 Å². The van der Waals surface area contributed by atoms with E-state index in [0.717, 1.165) is 16.7 Å². The van der Waals surface area contributed by atoms with Crippen molar-refractivity contribution in [2.24, 2.45) is 0 Å². The van der Waals surface area contributed by atoms with E-state index in [0.29, 0.717) is 12.1 Å². The summed E-state index contributed by atoms with van der Waals surface area (Å²) in [6, 6.07) is 23.5. The highest BCUT2D eigenvalue weighted by Gasteiger charge is 2.20. The quantitative estimate of drug-likeness (QED) is 0.576. The first kappa shape index (κ1) is 21.7. The Labute approximate surface area is 178 Å². The zero-order valence-electron chi connectivity index (χ0n) is 17.4. The van der Waals surface area contributed by atoms with Crippen LogP contribution in [0.25, 0.3) is 0 Å². The Bertz CT molecular complexity index is 1110. The molecule has 156 valence electrons. The third-order valence-electron chi connectivity index (χ3n) is 4.91. The zero-order valence-corrected chi connectivity index (χ0v) is 18.3. The zero-order chi connectivity index (χ0) is 21.7. The van der Waals surface area contributed by atoms with Crippen LogP contribution in [0.5, 0.6) is 0 Å². The fourth-order valence-electron chi connectivity index (χ4n) is 3.24. The number of rotatable bonds is 7. The largest absolute Gasteiger partial charge is 0.337 e. The van der Waals surface area contributed by atoms with Gasteiger partial charge in [0, 0.05) is 32.7 Å². The highest BCUT2D eigenvalue weighted by atomic mass is 32.2. The molecule has 0 aliphatic heterocycles. The van der Waals surface area contributed by atoms with Crippen LogP contribution in [-0.2, 0) is 23.1 Å². The fraction of sp³-hybridized carbons (Fsp3) is 0.208. The summed E-state index contributed by atoms with van der Waals surface area (Å²) < 4.78 is 26.6. The molecule has 0 fully saturated rings. The average molecular weight is 423 g/mol. The Morgan fingerprint density at radius 2 is 1.47 bits per heavy atom. The second-order valence-electron chi connectivity index (χ2n) is 7.42. The maximum absolute atomic E-state index is 12.7. The van der Waals surface area contributed by atoms with Gasteiger partial charge in [-0.25, -0.2) is 8.42 Å². The molecule has 0 saturated heterocycles. The van der Waals surface area contributed by atoms with Gasteiger partial charge in [0.25, 0.3) is 5.91 Å². The van der Waals surface area contributed by atoms with E-state index >= 15 is 0 Å². The minimum atomic E-state index is -3.56. The summed E-state index contributed by atoms with van der Waals surface area (Å²) in [5, 5.41) is 0. The Hall–Kier alpha value is -2.96. The second kappa shape index (κ2) is 9.24. The van der Waals surface area contributed by atoms with Gasteiger partial charge in [0.2, 0.25) is 10.0 Å². The van der Waals surface area contributed by atoms with E-state index in [2.05, 4.69) is 6.07 Å². The van der Waals surface area contributed by atoms with E-state index in [4.69, 9.17) is 0 Å². The first-order chi connectivity index (χ1) is 14.3. The normalized spacial score (nSPS) is 11.5. The number of benzene rings is 3.